The van der Waals surface area contributed by atoms with Gasteiger partial charge in [-0.2, -0.15) is 0 Å². The summed E-state index contributed by atoms with van der Waals surface area (Å²) in [5.74, 6) is -0.928. The van der Waals surface area contributed by atoms with Crippen molar-refractivity contribution in [2.45, 2.75) is 76.7 Å². The number of carbonyl (C=O) groups is 2. The molecule has 48 heavy (non-hydrogen) atoms. The van der Waals surface area contributed by atoms with Crippen LogP contribution in [0.5, 0.6) is 0 Å². The summed E-state index contributed by atoms with van der Waals surface area (Å²) in [5.41, 5.74) is 7.13. The SMILES string of the molecule is CC(c1ccccc1)N(C)CC1CC(c2ccc(CO)cc2)OC(c2ccc(-c3ccccc3CNC(=O)CCCCC(=O)O)cc2)O1. The summed E-state index contributed by atoms with van der Waals surface area (Å²) in [6, 6.07) is 34.8. The molecule has 4 unspecified atom stereocenters. The second-order valence-corrected chi connectivity index (χ2v) is 12.5. The molecule has 0 saturated carbocycles. The Balaban J connectivity index is 1.29. The van der Waals surface area contributed by atoms with Gasteiger partial charge in [0, 0.05) is 44.0 Å². The van der Waals surface area contributed by atoms with Gasteiger partial charge in [0.15, 0.2) is 6.29 Å². The van der Waals surface area contributed by atoms with E-state index in [0.29, 0.717) is 32.2 Å². The van der Waals surface area contributed by atoms with Gasteiger partial charge in [-0.05, 0) is 60.2 Å². The smallest absolute Gasteiger partial charge is 0.303 e. The summed E-state index contributed by atoms with van der Waals surface area (Å²) >= 11 is 0. The van der Waals surface area contributed by atoms with E-state index in [2.05, 4.69) is 60.6 Å². The fourth-order valence-electron chi connectivity index (χ4n) is 6.12. The van der Waals surface area contributed by atoms with Crippen molar-refractivity contribution in [2.24, 2.45) is 0 Å². The fraction of sp³-hybridized carbons (Fsp3) is 0.350. The van der Waals surface area contributed by atoms with E-state index in [9.17, 15) is 14.7 Å². The van der Waals surface area contributed by atoms with E-state index >= 15 is 0 Å². The normalized spacial score (nSPS) is 18.4. The van der Waals surface area contributed by atoms with Crippen molar-refractivity contribution in [3.05, 3.63) is 131 Å². The molecule has 0 spiro atoms. The number of amides is 1. The van der Waals surface area contributed by atoms with E-state index in [1.54, 1.807) is 0 Å². The van der Waals surface area contributed by atoms with Crippen molar-refractivity contribution < 1.29 is 29.3 Å². The van der Waals surface area contributed by atoms with E-state index < -0.39 is 12.3 Å². The first-order chi connectivity index (χ1) is 23.3. The van der Waals surface area contributed by atoms with Crippen molar-refractivity contribution in [2.75, 3.05) is 13.6 Å². The lowest BCUT2D eigenvalue weighted by Gasteiger charge is -2.39. The van der Waals surface area contributed by atoms with Crippen LogP contribution >= 0.6 is 0 Å². The Morgan fingerprint density at radius 1 is 0.854 bits per heavy atom. The minimum atomic E-state index is -0.841. The molecule has 0 aromatic heterocycles. The molecule has 8 nitrogen and oxygen atoms in total. The largest absolute Gasteiger partial charge is 0.481 e. The highest BCUT2D eigenvalue weighted by molar-refractivity contribution is 5.76. The number of benzene rings is 4. The Morgan fingerprint density at radius 2 is 1.52 bits per heavy atom. The van der Waals surface area contributed by atoms with Crippen LogP contribution in [-0.2, 0) is 32.2 Å². The van der Waals surface area contributed by atoms with Gasteiger partial charge in [0.25, 0.3) is 0 Å². The number of rotatable bonds is 15. The average Bonchev–Trinajstić information content (AvgIpc) is 3.12. The summed E-state index contributed by atoms with van der Waals surface area (Å²) in [7, 11) is 2.13. The van der Waals surface area contributed by atoms with Crippen molar-refractivity contribution in [1.82, 2.24) is 10.2 Å². The van der Waals surface area contributed by atoms with Gasteiger partial charge in [-0.25, -0.2) is 0 Å². The van der Waals surface area contributed by atoms with Crippen molar-refractivity contribution in [3.63, 3.8) is 0 Å². The number of carbonyl (C=O) groups excluding carboxylic acids is 1. The molecule has 1 aliphatic rings. The lowest BCUT2D eigenvalue weighted by atomic mass is 9.97. The molecule has 3 N–H and O–H groups in total. The molecule has 4 aromatic rings. The molecule has 0 bridgehead atoms. The number of ether oxygens (including phenoxy) is 2. The third-order valence-corrected chi connectivity index (χ3v) is 9.08. The van der Waals surface area contributed by atoms with Crippen molar-refractivity contribution in [1.29, 1.82) is 0 Å². The number of carboxylic acids is 1. The first-order valence-corrected chi connectivity index (χ1v) is 16.7. The number of likely N-dealkylation sites (N-methyl/N-ethyl adjacent to an activating group) is 1. The molecule has 1 aliphatic heterocycles. The van der Waals surface area contributed by atoms with Gasteiger partial charge in [-0.3, -0.25) is 14.5 Å². The van der Waals surface area contributed by atoms with E-state index in [-0.39, 0.29) is 37.2 Å². The number of aliphatic hydroxyl groups excluding tert-OH is 1. The summed E-state index contributed by atoms with van der Waals surface area (Å²) in [6.07, 6.45) is 1.32. The van der Waals surface area contributed by atoms with Crippen LogP contribution in [0.1, 0.15) is 85.3 Å². The standard InChI is InChI=1S/C40H46N2O6/c1-28(30-10-4-3-5-11-30)42(2)26-35-24-37(32-18-16-29(27-43)17-19-32)48-40(47-35)33-22-20-31(21-23-33)36-13-7-6-12-34(36)25-41-38(44)14-8-9-15-39(45)46/h3-7,10-13,16-23,28,35,37,40,43H,8-9,14-15,24-27H2,1-2H3,(H,41,44)(H,45,46). The zero-order valence-corrected chi connectivity index (χ0v) is 27.8. The van der Waals surface area contributed by atoms with Gasteiger partial charge in [0.1, 0.15) is 0 Å². The maximum atomic E-state index is 12.4. The topological polar surface area (TPSA) is 108 Å². The number of hydrogen-bond donors (Lipinski definition) is 3. The molecule has 1 amide bonds. The highest BCUT2D eigenvalue weighted by atomic mass is 16.7. The molecule has 0 radical (unpaired) electrons. The van der Waals surface area contributed by atoms with Gasteiger partial charge in [0.05, 0.1) is 18.8 Å². The first-order valence-electron chi connectivity index (χ1n) is 16.7. The number of aliphatic carboxylic acids is 1. The zero-order valence-electron chi connectivity index (χ0n) is 27.8. The monoisotopic (exact) mass is 650 g/mol. The molecular formula is C40H46N2O6. The maximum absolute atomic E-state index is 12.4. The first kappa shape index (κ1) is 35.0. The quantitative estimate of drug-likeness (QED) is 0.116. The van der Waals surface area contributed by atoms with Crippen LogP contribution in [0, 0.1) is 0 Å². The van der Waals surface area contributed by atoms with Gasteiger partial charge in [-0.1, -0.05) is 103 Å². The molecule has 1 saturated heterocycles. The second kappa shape index (κ2) is 17.2. The van der Waals surface area contributed by atoms with E-state index in [0.717, 1.165) is 39.9 Å². The Bertz CT molecular complexity index is 1610. The van der Waals surface area contributed by atoms with Gasteiger partial charge >= 0.3 is 5.97 Å². The summed E-state index contributed by atoms with van der Waals surface area (Å²) in [5, 5.41) is 21.3. The number of nitrogens with one attached hydrogen (secondary N) is 1. The van der Waals surface area contributed by atoms with Crippen molar-refractivity contribution >= 4 is 11.9 Å². The highest BCUT2D eigenvalue weighted by Gasteiger charge is 2.33. The van der Waals surface area contributed by atoms with E-state index in [4.69, 9.17) is 14.6 Å². The zero-order chi connectivity index (χ0) is 33.9. The van der Waals surface area contributed by atoms with Crippen LogP contribution in [0.4, 0.5) is 0 Å². The van der Waals surface area contributed by atoms with Crippen molar-refractivity contribution in [3.8, 4) is 11.1 Å². The van der Waals surface area contributed by atoms with Crippen LogP contribution in [0.25, 0.3) is 11.1 Å². The fourth-order valence-corrected chi connectivity index (χ4v) is 6.12. The molecular weight excluding hydrogens is 604 g/mol. The Kier molecular flexibility index (Phi) is 12.5. The lowest BCUT2D eigenvalue weighted by molar-refractivity contribution is -0.253. The Hall–Kier alpha value is -4.34. The number of unbranched alkanes of at least 4 members (excludes halogenated alkanes) is 1. The number of nitrogens with zero attached hydrogens (tertiary/aromatic N) is 1. The Labute approximate surface area is 283 Å². The summed E-state index contributed by atoms with van der Waals surface area (Å²) < 4.78 is 13.2. The molecule has 5 rings (SSSR count). The van der Waals surface area contributed by atoms with Gasteiger partial charge < -0.3 is 25.0 Å². The molecule has 4 aromatic carbocycles. The molecule has 1 fully saturated rings. The molecule has 0 aliphatic carbocycles. The van der Waals surface area contributed by atoms with Crippen LogP contribution in [0.3, 0.4) is 0 Å². The number of aliphatic hydroxyl groups is 1. The van der Waals surface area contributed by atoms with Crippen LogP contribution < -0.4 is 5.32 Å². The maximum Gasteiger partial charge on any atom is 0.303 e. The molecule has 252 valence electrons. The van der Waals surface area contributed by atoms with E-state index in [1.165, 1.54) is 5.56 Å². The summed E-state index contributed by atoms with van der Waals surface area (Å²) in [6.45, 7) is 3.33. The van der Waals surface area contributed by atoms with Crippen LogP contribution in [0.2, 0.25) is 0 Å². The van der Waals surface area contributed by atoms with E-state index in [1.807, 2.05) is 66.7 Å². The van der Waals surface area contributed by atoms with Gasteiger partial charge in [-0.15, -0.1) is 0 Å². The molecule has 8 heteroatoms. The lowest BCUT2D eigenvalue weighted by Crippen LogP contribution is -2.38. The minimum absolute atomic E-state index is 0.00121. The molecule has 4 atom stereocenters. The average molecular weight is 651 g/mol. The predicted molar refractivity (Wildman–Crippen MR) is 186 cm³/mol. The predicted octanol–water partition coefficient (Wildman–Crippen LogP) is 7.35. The third kappa shape index (κ3) is 9.61. The minimum Gasteiger partial charge on any atom is -0.481 e. The summed E-state index contributed by atoms with van der Waals surface area (Å²) in [4.78, 5) is 25.4. The second-order valence-electron chi connectivity index (χ2n) is 12.5. The Morgan fingerprint density at radius 3 is 2.23 bits per heavy atom. The number of carboxylic acid groups (broad SMARTS) is 1. The number of hydrogen-bond acceptors (Lipinski definition) is 6. The van der Waals surface area contributed by atoms with Crippen LogP contribution in [0.15, 0.2) is 103 Å². The highest BCUT2D eigenvalue weighted by Crippen LogP contribution is 2.39. The van der Waals surface area contributed by atoms with Gasteiger partial charge in [0.2, 0.25) is 5.91 Å². The molecule has 1 heterocycles. The van der Waals surface area contributed by atoms with Crippen LogP contribution in [-0.4, -0.2) is 46.7 Å². The third-order valence-electron chi connectivity index (χ3n) is 9.08.